The maximum atomic E-state index is 10.6. The van der Waals surface area contributed by atoms with E-state index in [0.717, 1.165) is 12.8 Å². The average Bonchev–Trinajstić information content (AvgIpc) is 2.67. The number of rotatable bonds is 3. The number of nitro groups is 1. The first-order valence-electron chi connectivity index (χ1n) is 5.21. The van der Waals surface area contributed by atoms with Gasteiger partial charge < -0.3 is 15.4 Å². The van der Waals surface area contributed by atoms with Gasteiger partial charge in [-0.3, -0.25) is 0 Å². The molecule has 15 heavy (non-hydrogen) atoms. The van der Waals surface area contributed by atoms with Crippen molar-refractivity contribution in [2.45, 2.75) is 38.1 Å². The fraction of sp³-hybridized carbons (Fsp3) is 0.667. The molecule has 2 N–H and O–H groups in total. The summed E-state index contributed by atoms with van der Waals surface area (Å²) >= 11 is 0. The molecular formula is C9H14N4O2. The second-order valence-corrected chi connectivity index (χ2v) is 3.84. The van der Waals surface area contributed by atoms with Crippen LogP contribution in [0.3, 0.4) is 0 Å². The monoisotopic (exact) mass is 210 g/mol. The second-order valence-electron chi connectivity index (χ2n) is 3.84. The fourth-order valence-corrected chi connectivity index (χ4v) is 1.97. The lowest BCUT2D eigenvalue weighted by atomic mass is 9.95. The topological polar surface area (TPSA) is 83.8 Å². The molecule has 0 atom stereocenters. The number of hydrogen-bond acceptors (Lipinski definition) is 4. The van der Waals surface area contributed by atoms with Crippen LogP contribution in [0, 0.1) is 10.1 Å². The van der Waals surface area contributed by atoms with Gasteiger partial charge >= 0.3 is 5.82 Å². The quantitative estimate of drug-likeness (QED) is 0.590. The molecule has 1 saturated carbocycles. The zero-order chi connectivity index (χ0) is 10.7. The van der Waals surface area contributed by atoms with Gasteiger partial charge in [0.2, 0.25) is 5.82 Å². The van der Waals surface area contributed by atoms with E-state index in [2.05, 4.69) is 15.3 Å². The van der Waals surface area contributed by atoms with E-state index in [0.29, 0.717) is 11.9 Å². The van der Waals surface area contributed by atoms with Crippen LogP contribution in [0.15, 0.2) is 6.33 Å². The van der Waals surface area contributed by atoms with E-state index in [1.54, 1.807) is 0 Å². The summed E-state index contributed by atoms with van der Waals surface area (Å²) in [6.45, 7) is 0. The minimum Gasteiger partial charge on any atom is -0.360 e. The SMILES string of the molecule is O=[N+]([O-])c1[nH]cnc1NC1CCCCC1. The predicted molar refractivity (Wildman–Crippen MR) is 55.7 cm³/mol. The van der Waals surface area contributed by atoms with Gasteiger partial charge in [0.05, 0.1) is 0 Å². The summed E-state index contributed by atoms with van der Waals surface area (Å²) in [5.41, 5.74) is 0. The number of imidazole rings is 1. The third-order valence-electron chi connectivity index (χ3n) is 2.75. The van der Waals surface area contributed by atoms with Crippen molar-refractivity contribution in [2.75, 3.05) is 5.32 Å². The summed E-state index contributed by atoms with van der Waals surface area (Å²) in [5, 5.41) is 13.7. The van der Waals surface area contributed by atoms with Gasteiger partial charge in [0.1, 0.15) is 0 Å². The van der Waals surface area contributed by atoms with Crippen molar-refractivity contribution in [2.24, 2.45) is 0 Å². The third-order valence-corrected chi connectivity index (χ3v) is 2.75. The fourth-order valence-electron chi connectivity index (χ4n) is 1.97. The first-order chi connectivity index (χ1) is 7.27. The summed E-state index contributed by atoms with van der Waals surface area (Å²) in [7, 11) is 0. The number of nitrogens with zero attached hydrogens (tertiary/aromatic N) is 2. The van der Waals surface area contributed by atoms with E-state index < -0.39 is 4.92 Å². The Morgan fingerprint density at radius 3 is 2.87 bits per heavy atom. The smallest absolute Gasteiger partial charge is 0.360 e. The van der Waals surface area contributed by atoms with Crippen LogP contribution < -0.4 is 5.32 Å². The van der Waals surface area contributed by atoms with Gasteiger partial charge in [0.15, 0.2) is 6.33 Å². The summed E-state index contributed by atoms with van der Waals surface area (Å²) < 4.78 is 0. The molecule has 1 aliphatic carbocycles. The molecule has 6 heteroatoms. The highest BCUT2D eigenvalue weighted by Gasteiger charge is 2.20. The van der Waals surface area contributed by atoms with Gasteiger partial charge in [-0.1, -0.05) is 19.3 Å². The van der Waals surface area contributed by atoms with Crippen LogP contribution in [0.25, 0.3) is 0 Å². The first kappa shape index (κ1) is 9.95. The number of nitrogens with one attached hydrogen (secondary N) is 2. The normalized spacial score (nSPS) is 17.6. The highest BCUT2D eigenvalue weighted by Crippen LogP contribution is 2.24. The number of H-pyrrole nitrogens is 1. The molecule has 0 saturated heterocycles. The largest absolute Gasteiger partial charge is 0.364 e. The molecule has 0 bridgehead atoms. The Labute approximate surface area is 87.2 Å². The highest BCUT2D eigenvalue weighted by atomic mass is 16.6. The third kappa shape index (κ3) is 2.26. The van der Waals surface area contributed by atoms with Crippen molar-refractivity contribution in [3.8, 4) is 0 Å². The van der Waals surface area contributed by atoms with Gasteiger partial charge in [0.25, 0.3) is 0 Å². The molecule has 0 unspecified atom stereocenters. The van der Waals surface area contributed by atoms with Crippen molar-refractivity contribution in [3.63, 3.8) is 0 Å². The number of anilines is 1. The van der Waals surface area contributed by atoms with E-state index in [-0.39, 0.29) is 5.82 Å². The van der Waals surface area contributed by atoms with Gasteiger partial charge in [-0.15, -0.1) is 0 Å². The molecule has 1 aromatic heterocycles. The molecule has 82 valence electrons. The zero-order valence-electron chi connectivity index (χ0n) is 8.40. The summed E-state index contributed by atoms with van der Waals surface area (Å²) in [6.07, 6.45) is 7.14. The van der Waals surface area contributed by atoms with Gasteiger partial charge in [-0.25, -0.2) is 4.98 Å². The first-order valence-corrected chi connectivity index (χ1v) is 5.21. The molecule has 1 aliphatic rings. The summed E-state index contributed by atoms with van der Waals surface area (Å²) in [5.74, 6) is 0.326. The highest BCUT2D eigenvalue weighted by molar-refractivity contribution is 5.51. The van der Waals surface area contributed by atoms with Gasteiger partial charge in [-0.2, -0.15) is 4.98 Å². The van der Waals surface area contributed by atoms with E-state index >= 15 is 0 Å². The van der Waals surface area contributed by atoms with Gasteiger partial charge in [-0.05, 0) is 17.8 Å². The summed E-state index contributed by atoms with van der Waals surface area (Å²) in [6, 6.07) is 0.334. The molecule has 0 aliphatic heterocycles. The second kappa shape index (κ2) is 4.29. The molecule has 1 heterocycles. The van der Waals surface area contributed by atoms with Crippen LogP contribution in [-0.2, 0) is 0 Å². The number of aromatic amines is 1. The maximum Gasteiger partial charge on any atom is 0.364 e. The summed E-state index contributed by atoms with van der Waals surface area (Å²) in [4.78, 5) is 16.6. The van der Waals surface area contributed by atoms with Gasteiger partial charge in [0, 0.05) is 6.04 Å². The predicted octanol–water partition coefficient (Wildman–Crippen LogP) is 2.06. The molecule has 0 aromatic carbocycles. The molecule has 0 spiro atoms. The average molecular weight is 210 g/mol. The molecular weight excluding hydrogens is 196 g/mol. The Balaban J connectivity index is 2.03. The van der Waals surface area contributed by atoms with E-state index in [9.17, 15) is 10.1 Å². The van der Waals surface area contributed by atoms with E-state index in [4.69, 9.17) is 0 Å². The Morgan fingerprint density at radius 1 is 1.47 bits per heavy atom. The Bertz CT molecular complexity index is 344. The lowest BCUT2D eigenvalue weighted by Crippen LogP contribution is -2.22. The molecule has 6 nitrogen and oxygen atoms in total. The van der Waals surface area contributed by atoms with Crippen LogP contribution in [0.1, 0.15) is 32.1 Å². The minimum atomic E-state index is -0.446. The Hall–Kier alpha value is -1.59. The Morgan fingerprint density at radius 2 is 2.20 bits per heavy atom. The van der Waals surface area contributed by atoms with Crippen molar-refractivity contribution >= 4 is 11.6 Å². The van der Waals surface area contributed by atoms with E-state index in [1.165, 1.54) is 25.6 Å². The lowest BCUT2D eigenvalue weighted by molar-refractivity contribution is -0.388. The molecule has 1 aromatic rings. The van der Waals surface area contributed by atoms with Crippen LogP contribution in [0.5, 0.6) is 0 Å². The molecule has 1 fully saturated rings. The van der Waals surface area contributed by atoms with Crippen LogP contribution in [-0.4, -0.2) is 20.9 Å². The van der Waals surface area contributed by atoms with Crippen LogP contribution in [0.2, 0.25) is 0 Å². The minimum absolute atomic E-state index is 0.0411. The van der Waals surface area contributed by atoms with Crippen molar-refractivity contribution in [1.29, 1.82) is 0 Å². The van der Waals surface area contributed by atoms with Crippen molar-refractivity contribution in [3.05, 3.63) is 16.4 Å². The zero-order valence-corrected chi connectivity index (χ0v) is 8.40. The number of hydrogen-bond donors (Lipinski definition) is 2. The number of aromatic nitrogens is 2. The van der Waals surface area contributed by atoms with Crippen LogP contribution >= 0.6 is 0 Å². The van der Waals surface area contributed by atoms with Crippen LogP contribution in [0.4, 0.5) is 11.6 Å². The molecule has 0 radical (unpaired) electrons. The maximum absolute atomic E-state index is 10.6. The Kier molecular flexibility index (Phi) is 2.84. The van der Waals surface area contributed by atoms with Crippen molar-refractivity contribution < 1.29 is 4.92 Å². The molecule has 0 amide bonds. The van der Waals surface area contributed by atoms with Crippen molar-refractivity contribution in [1.82, 2.24) is 9.97 Å². The van der Waals surface area contributed by atoms with E-state index in [1.807, 2.05) is 0 Å². The lowest BCUT2D eigenvalue weighted by Gasteiger charge is -2.22. The standard InChI is InChI=1S/C9H14N4O2/c14-13(15)9-8(10-6-11-9)12-7-4-2-1-3-5-7/h6-7,12H,1-5H2,(H,10,11). The molecule has 2 rings (SSSR count).